The van der Waals surface area contributed by atoms with Gasteiger partial charge in [0.1, 0.15) is 21.7 Å². The van der Waals surface area contributed by atoms with Gasteiger partial charge in [0, 0.05) is 17.9 Å². The summed E-state index contributed by atoms with van der Waals surface area (Å²) in [5, 5.41) is 38.7. The Morgan fingerprint density at radius 1 is 0.533 bits per heavy atom. The van der Waals surface area contributed by atoms with E-state index in [0.29, 0.717) is 21.0 Å². The second-order valence-electron chi connectivity index (χ2n) is 17.5. The third kappa shape index (κ3) is 13.3. The van der Waals surface area contributed by atoms with Crippen LogP contribution in [0.2, 0.25) is 0 Å². The number of hydrogen-bond donors (Lipinski definition) is 2. The lowest BCUT2D eigenvalue weighted by molar-refractivity contribution is -0.140. The van der Waals surface area contributed by atoms with Crippen LogP contribution in [0.25, 0.3) is 57.7 Å². The summed E-state index contributed by atoms with van der Waals surface area (Å²) < 4.78 is 0.439. The monoisotopic (exact) mass is 1060 g/mol. The van der Waals surface area contributed by atoms with E-state index in [1.807, 2.05) is 133 Å². The van der Waals surface area contributed by atoms with Crippen molar-refractivity contribution in [2.75, 3.05) is 24.5 Å². The first-order chi connectivity index (χ1) is 36.3. The molecule has 2 heterocycles. The quantitative estimate of drug-likeness (QED) is 0.0259. The number of carbonyl (C=O) groups is 4. The maximum atomic E-state index is 12.7. The molecule has 0 aliphatic carbocycles. The van der Waals surface area contributed by atoms with Gasteiger partial charge in [-0.05, 0) is 111 Å². The zero-order valence-electron chi connectivity index (χ0n) is 40.5. The van der Waals surface area contributed by atoms with E-state index in [1.54, 1.807) is 12.2 Å². The van der Waals surface area contributed by atoms with Crippen molar-refractivity contribution in [2.45, 2.75) is 32.6 Å². The summed E-state index contributed by atoms with van der Waals surface area (Å²) in [7, 11) is 0. The molecule has 0 bridgehead atoms. The van der Waals surface area contributed by atoms with Crippen LogP contribution in [0.5, 0.6) is 0 Å². The van der Waals surface area contributed by atoms with E-state index in [0.717, 1.165) is 133 Å². The van der Waals surface area contributed by atoms with Crippen LogP contribution in [0.15, 0.2) is 155 Å². The smallest absolute Gasteiger partial charge is 0.323 e. The molecule has 0 spiro atoms. The first-order valence-corrected chi connectivity index (χ1v) is 26.3. The lowest BCUT2D eigenvalue weighted by Crippen LogP contribution is -2.33. The van der Waals surface area contributed by atoms with Crippen molar-refractivity contribution >= 4 is 127 Å². The number of carboxylic acids is 2. The van der Waals surface area contributed by atoms with Gasteiger partial charge in [-0.25, -0.2) is 0 Å². The number of carbonyl (C=O) groups excluding carboxylic acids is 2. The van der Waals surface area contributed by atoms with E-state index < -0.39 is 36.8 Å². The topological polar surface area (TPSA) is 166 Å². The van der Waals surface area contributed by atoms with E-state index in [2.05, 4.69) is 48.2 Å². The second kappa shape index (κ2) is 24.7. The highest BCUT2D eigenvalue weighted by molar-refractivity contribution is 8.27. The van der Waals surface area contributed by atoms with Crippen molar-refractivity contribution in [1.29, 1.82) is 10.5 Å². The summed E-state index contributed by atoms with van der Waals surface area (Å²) in [5.74, 6) is -3.10. The van der Waals surface area contributed by atoms with Crippen LogP contribution in [0, 0.1) is 22.7 Å². The number of amides is 2. The minimum Gasteiger partial charge on any atom is -0.480 e. The zero-order chi connectivity index (χ0) is 53.0. The highest BCUT2D eigenvalue weighted by atomic mass is 32.2. The molecule has 2 amide bonds. The predicted molar refractivity (Wildman–Crippen MR) is 310 cm³/mol. The molecule has 0 atom stereocenters. The summed E-state index contributed by atoms with van der Waals surface area (Å²) in [5.41, 5.74) is 11.8. The minimum absolute atomic E-state index is 0.220. The van der Waals surface area contributed by atoms with Crippen molar-refractivity contribution in [3.63, 3.8) is 0 Å². The molecular formula is C60H47N5O6S4. The van der Waals surface area contributed by atoms with Crippen LogP contribution >= 0.6 is 48.0 Å². The van der Waals surface area contributed by atoms with Crippen molar-refractivity contribution in [2.24, 2.45) is 0 Å². The third-order valence-electron chi connectivity index (χ3n) is 12.3. The van der Waals surface area contributed by atoms with Crippen LogP contribution < -0.4 is 4.90 Å². The molecule has 0 saturated carbocycles. The zero-order valence-corrected chi connectivity index (χ0v) is 43.8. The molecule has 8 rings (SSSR count). The van der Waals surface area contributed by atoms with Crippen LogP contribution in [0.3, 0.4) is 0 Å². The Kier molecular flexibility index (Phi) is 17.5. The summed E-state index contributed by atoms with van der Waals surface area (Å²) in [4.78, 5) is 53.0. The number of benzene rings is 6. The average Bonchev–Trinajstić information content (AvgIpc) is 3.83. The number of anilines is 2. The Morgan fingerprint density at radius 2 is 0.880 bits per heavy atom. The second-order valence-corrected chi connectivity index (χ2v) is 20.8. The van der Waals surface area contributed by atoms with Gasteiger partial charge < -0.3 is 15.1 Å². The number of rotatable bonds is 19. The fourth-order valence-corrected chi connectivity index (χ4v) is 10.9. The number of hydrogen-bond acceptors (Lipinski definition) is 11. The van der Waals surface area contributed by atoms with Gasteiger partial charge >= 0.3 is 11.9 Å². The van der Waals surface area contributed by atoms with E-state index in [1.165, 1.54) is 0 Å². The fraction of sp³-hybridized carbons (Fsp3) is 0.133. The number of thiocarbonyl (C=S) groups is 2. The van der Waals surface area contributed by atoms with Crippen LogP contribution in [-0.4, -0.2) is 72.0 Å². The fourth-order valence-electron chi connectivity index (χ4n) is 8.37. The van der Waals surface area contributed by atoms with Gasteiger partial charge in [-0.2, -0.15) is 10.5 Å². The van der Waals surface area contributed by atoms with Gasteiger partial charge in [0.05, 0.1) is 33.1 Å². The number of unbranched alkanes of at least 4 members (excludes halogenated alkanes) is 3. The number of nitrogens with zero attached hydrogens (tertiary/aromatic N) is 5. The van der Waals surface area contributed by atoms with Crippen molar-refractivity contribution in [1.82, 2.24) is 9.80 Å². The van der Waals surface area contributed by atoms with Gasteiger partial charge in [0.2, 0.25) is 0 Å². The van der Waals surface area contributed by atoms with Gasteiger partial charge in [-0.3, -0.25) is 29.0 Å². The number of carboxylic acid groups (broad SMARTS) is 2. The first-order valence-electron chi connectivity index (χ1n) is 23.9. The third-order valence-corrected chi connectivity index (χ3v) is 15.1. The van der Waals surface area contributed by atoms with Crippen molar-refractivity contribution in [3.8, 4) is 34.4 Å². The molecule has 6 aromatic carbocycles. The molecule has 2 N–H and O–H groups in total. The van der Waals surface area contributed by atoms with Gasteiger partial charge in [0.15, 0.2) is 0 Å². The molecule has 6 aromatic rings. The van der Waals surface area contributed by atoms with Gasteiger partial charge in [-0.1, -0.05) is 195 Å². The maximum absolute atomic E-state index is 12.7. The summed E-state index contributed by atoms with van der Waals surface area (Å²) in [6.45, 7) is 2.07. The minimum atomic E-state index is -1.13. The summed E-state index contributed by atoms with van der Waals surface area (Å²) in [6.07, 6.45) is 11.6. The Hall–Kier alpha value is -8.18. The van der Waals surface area contributed by atoms with E-state index >= 15 is 0 Å². The largest absolute Gasteiger partial charge is 0.480 e. The normalized spacial score (nSPS) is 14.9. The van der Waals surface area contributed by atoms with Gasteiger partial charge in [0.25, 0.3) is 11.8 Å². The molecule has 0 radical (unpaired) electrons. The van der Waals surface area contributed by atoms with E-state index in [4.69, 9.17) is 34.6 Å². The standard InChI is InChI=1S/C60H47N5O6S4/c1-2-3-4-5-30-63(51-26-10-39(11-27-51)31-49(35-61)47-22-18-45(19-23-47)43-14-6-41(7-15-43)33-53-57(70)64(37-55(66)67)59(72)74-53)52-28-12-40(13-29-52)32-50(36-62)48-24-20-46(21-25-48)44-16-8-42(9-17-44)34-54-58(71)65(38-56(68)69)60(73)75-54/h6-29,31-34H,2-5,30,37-38H2,1H3,(H,66,67)(H,68,69)/b49-31+,50-32+,53-33+,54-34+. The van der Waals surface area contributed by atoms with Crippen LogP contribution in [-0.2, 0) is 19.2 Å². The van der Waals surface area contributed by atoms with E-state index in [-0.39, 0.29) is 8.64 Å². The number of nitriles is 2. The number of thioether (sulfide) groups is 2. The van der Waals surface area contributed by atoms with Crippen molar-refractivity contribution < 1.29 is 29.4 Å². The molecule has 2 fully saturated rings. The summed E-state index contributed by atoms with van der Waals surface area (Å²) in [6, 6.07) is 52.1. The molecule has 2 aliphatic heterocycles. The molecule has 0 aromatic heterocycles. The first kappa shape index (κ1) is 53.1. The molecule has 2 aliphatic rings. The van der Waals surface area contributed by atoms with Crippen molar-refractivity contribution in [3.05, 3.63) is 189 Å². The molecule has 372 valence electrons. The van der Waals surface area contributed by atoms with E-state index in [9.17, 15) is 29.7 Å². The Morgan fingerprint density at radius 3 is 1.21 bits per heavy atom. The molecule has 0 unspecified atom stereocenters. The Balaban J connectivity index is 0.918. The van der Waals surface area contributed by atoms with Gasteiger partial charge in [-0.15, -0.1) is 0 Å². The van der Waals surface area contributed by atoms with Crippen LogP contribution in [0.1, 0.15) is 66.0 Å². The molecule has 11 nitrogen and oxygen atoms in total. The van der Waals surface area contributed by atoms with Crippen LogP contribution in [0.4, 0.5) is 11.4 Å². The molecule has 15 heteroatoms. The number of aliphatic carboxylic acids is 2. The predicted octanol–water partition coefficient (Wildman–Crippen LogP) is 13.4. The average molecular weight is 1060 g/mol. The highest BCUT2D eigenvalue weighted by Crippen LogP contribution is 2.35. The Bertz CT molecular complexity index is 3170. The highest BCUT2D eigenvalue weighted by Gasteiger charge is 2.34. The molecular weight excluding hydrogens is 1010 g/mol. The Labute approximate surface area is 454 Å². The maximum Gasteiger partial charge on any atom is 0.323 e. The SMILES string of the molecule is CCCCCCN(c1ccc(/C=C(\C#N)c2ccc(-c3ccc(/C=C4/SC(=S)N(CC(=O)O)C4=O)cc3)cc2)cc1)c1ccc(/C=C(\C#N)c2ccc(-c3ccc(/C=C4/SC(=S)N(CC(=O)O)C4=O)cc3)cc2)cc1. The molecule has 75 heavy (non-hydrogen) atoms. The summed E-state index contributed by atoms with van der Waals surface area (Å²) >= 11 is 12.6. The number of allylic oxidation sites excluding steroid dienone is 2. The molecule has 2 saturated heterocycles. The lowest BCUT2D eigenvalue weighted by atomic mass is 9.98. The lowest BCUT2D eigenvalue weighted by Gasteiger charge is -2.25.